The highest BCUT2D eigenvalue weighted by atomic mass is 19.4. The molecule has 0 amide bonds. The second-order valence-electron chi connectivity index (χ2n) is 5.69. The number of rotatable bonds is 6. The standard InChI is InChI=1S/C16H14F5N5O2/c1-3-11(15(17,18)19)28-13-5-4-9(6-23-13)10-8-26-12(7-22-10)24-25-14(26)16(20,21)27-2/h4-8,11H,3H2,1-2H3. The van der Waals surface area contributed by atoms with Crippen LogP contribution in [0.5, 0.6) is 5.88 Å². The van der Waals surface area contributed by atoms with Crippen molar-refractivity contribution in [1.82, 2.24) is 24.6 Å². The van der Waals surface area contributed by atoms with Gasteiger partial charge in [0.1, 0.15) is 0 Å². The lowest BCUT2D eigenvalue weighted by molar-refractivity contribution is -0.237. The van der Waals surface area contributed by atoms with Gasteiger partial charge in [0, 0.05) is 31.1 Å². The van der Waals surface area contributed by atoms with Crippen LogP contribution in [0.2, 0.25) is 0 Å². The van der Waals surface area contributed by atoms with E-state index in [1.165, 1.54) is 37.6 Å². The van der Waals surface area contributed by atoms with Crippen LogP contribution in [-0.4, -0.2) is 44.0 Å². The van der Waals surface area contributed by atoms with Crippen LogP contribution in [0.4, 0.5) is 22.0 Å². The number of fused-ring (bicyclic) bond motifs is 1. The molecule has 0 N–H and O–H groups in total. The van der Waals surface area contributed by atoms with E-state index in [4.69, 9.17) is 4.74 Å². The Hall–Kier alpha value is -2.89. The van der Waals surface area contributed by atoms with E-state index in [2.05, 4.69) is 24.9 Å². The van der Waals surface area contributed by atoms with E-state index in [1.54, 1.807) is 0 Å². The van der Waals surface area contributed by atoms with Gasteiger partial charge in [0.25, 0.3) is 0 Å². The number of nitrogens with zero attached hydrogens (tertiary/aromatic N) is 5. The summed E-state index contributed by atoms with van der Waals surface area (Å²) in [6.45, 7) is 1.35. The molecule has 0 aliphatic carbocycles. The molecule has 3 aromatic rings. The molecular formula is C16H14F5N5O2. The van der Waals surface area contributed by atoms with Gasteiger partial charge in [-0.05, 0) is 12.5 Å². The summed E-state index contributed by atoms with van der Waals surface area (Å²) >= 11 is 0. The molecule has 1 unspecified atom stereocenters. The molecule has 3 rings (SSSR count). The fourth-order valence-electron chi connectivity index (χ4n) is 2.37. The van der Waals surface area contributed by atoms with Crippen LogP contribution in [0.25, 0.3) is 16.9 Å². The number of alkyl halides is 5. The van der Waals surface area contributed by atoms with Crippen LogP contribution in [0.15, 0.2) is 30.7 Å². The van der Waals surface area contributed by atoms with Gasteiger partial charge in [-0.15, -0.1) is 10.2 Å². The monoisotopic (exact) mass is 403 g/mol. The third-order valence-electron chi connectivity index (χ3n) is 3.84. The summed E-state index contributed by atoms with van der Waals surface area (Å²) < 4.78 is 75.9. The van der Waals surface area contributed by atoms with Crippen molar-refractivity contribution in [3.63, 3.8) is 0 Å². The van der Waals surface area contributed by atoms with Crippen molar-refractivity contribution in [1.29, 1.82) is 0 Å². The predicted octanol–water partition coefficient (Wildman–Crippen LogP) is 3.60. The number of methoxy groups -OCH3 is 1. The van der Waals surface area contributed by atoms with E-state index < -0.39 is 24.2 Å². The maximum absolute atomic E-state index is 13.8. The zero-order valence-electron chi connectivity index (χ0n) is 14.6. The highest BCUT2D eigenvalue weighted by molar-refractivity contribution is 5.59. The first-order valence-electron chi connectivity index (χ1n) is 7.99. The molecule has 1 atom stereocenters. The summed E-state index contributed by atoms with van der Waals surface area (Å²) in [4.78, 5) is 7.91. The first kappa shape index (κ1) is 19.9. The second-order valence-corrected chi connectivity index (χ2v) is 5.69. The van der Waals surface area contributed by atoms with Gasteiger partial charge in [-0.25, -0.2) is 4.98 Å². The van der Waals surface area contributed by atoms with Crippen LogP contribution < -0.4 is 4.74 Å². The number of aromatic nitrogens is 5. The largest absolute Gasteiger partial charge is 0.465 e. The van der Waals surface area contributed by atoms with Gasteiger partial charge >= 0.3 is 12.3 Å². The van der Waals surface area contributed by atoms with Crippen molar-refractivity contribution in [3.05, 3.63) is 36.5 Å². The molecule has 0 aliphatic heterocycles. The molecule has 28 heavy (non-hydrogen) atoms. The summed E-state index contributed by atoms with van der Waals surface area (Å²) in [6.07, 6.45) is -6.73. The zero-order chi connectivity index (χ0) is 20.5. The molecule has 3 aromatic heterocycles. The molecule has 0 saturated heterocycles. The van der Waals surface area contributed by atoms with Crippen LogP contribution in [0, 0.1) is 0 Å². The Kier molecular flexibility index (Phi) is 5.15. The number of hydrogen-bond donors (Lipinski definition) is 0. The summed E-state index contributed by atoms with van der Waals surface area (Å²) in [5.74, 6) is -0.956. The fraction of sp³-hybridized carbons (Fsp3) is 0.375. The van der Waals surface area contributed by atoms with Gasteiger partial charge in [0.2, 0.25) is 11.7 Å². The van der Waals surface area contributed by atoms with E-state index in [9.17, 15) is 22.0 Å². The maximum atomic E-state index is 13.8. The van der Waals surface area contributed by atoms with E-state index in [1.807, 2.05) is 0 Å². The molecule has 0 fully saturated rings. The van der Waals surface area contributed by atoms with Gasteiger partial charge in [-0.3, -0.25) is 9.38 Å². The van der Waals surface area contributed by atoms with Crippen LogP contribution in [0.1, 0.15) is 19.2 Å². The van der Waals surface area contributed by atoms with Crippen molar-refractivity contribution in [2.75, 3.05) is 7.11 Å². The van der Waals surface area contributed by atoms with Gasteiger partial charge in [-0.1, -0.05) is 6.92 Å². The summed E-state index contributed by atoms with van der Waals surface area (Å²) in [5, 5.41) is 7.00. The highest BCUT2D eigenvalue weighted by Gasteiger charge is 2.40. The van der Waals surface area contributed by atoms with E-state index in [0.29, 0.717) is 5.56 Å². The van der Waals surface area contributed by atoms with Crippen LogP contribution >= 0.6 is 0 Å². The first-order chi connectivity index (χ1) is 13.2. The molecule has 0 aromatic carbocycles. The van der Waals surface area contributed by atoms with E-state index >= 15 is 0 Å². The Labute approximate surface area is 155 Å². The lowest BCUT2D eigenvalue weighted by Gasteiger charge is -2.19. The molecule has 150 valence electrons. The van der Waals surface area contributed by atoms with Gasteiger partial charge < -0.3 is 9.47 Å². The molecule has 3 heterocycles. The first-order valence-corrected chi connectivity index (χ1v) is 7.99. The summed E-state index contributed by atoms with van der Waals surface area (Å²) in [5.41, 5.74) is 0.663. The molecule has 7 nitrogen and oxygen atoms in total. The maximum Gasteiger partial charge on any atom is 0.425 e. The van der Waals surface area contributed by atoms with Gasteiger partial charge in [0.15, 0.2) is 11.8 Å². The van der Waals surface area contributed by atoms with Gasteiger partial charge in [0.05, 0.1) is 11.9 Å². The molecule has 0 aliphatic rings. The Bertz CT molecular complexity index is 958. The Balaban J connectivity index is 1.90. The lowest BCUT2D eigenvalue weighted by atomic mass is 10.2. The van der Waals surface area contributed by atoms with E-state index in [0.717, 1.165) is 11.5 Å². The highest BCUT2D eigenvalue weighted by Crippen LogP contribution is 2.29. The number of halogens is 5. The van der Waals surface area contributed by atoms with Crippen LogP contribution in [-0.2, 0) is 10.8 Å². The van der Waals surface area contributed by atoms with Crippen molar-refractivity contribution in [2.45, 2.75) is 31.7 Å². The predicted molar refractivity (Wildman–Crippen MR) is 85.7 cm³/mol. The zero-order valence-corrected chi connectivity index (χ0v) is 14.6. The third kappa shape index (κ3) is 3.86. The normalized spacial score (nSPS) is 13.7. The number of hydrogen-bond acceptors (Lipinski definition) is 6. The Morgan fingerprint density at radius 3 is 2.39 bits per heavy atom. The molecule has 0 bridgehead atoms. The quantitative estimate of drug-likeness (QED) is 0.586. The van der Waals surface area contributed by atoms with E-state index in [-0.39, 0.29) is 23.6 Å². The summed E-state index contributed by atoms with van der Waals surface area (Å²) in [6, 6.07) is 2.66. The smallest absolute Gasteiger partial charge is 0.425 e. The lowest BCUT2D eigenvalue weighted by Crippen LogP contribution is -2.33. The van der Waals surface area contributed by atoms with Crippen molar-refractivity contribution < 1.29 is 31.4 Å². The molecule has 0 spiro atoms. The molecule has 0 saturated carbocycles. The minimum absolute atomic E-state index is 0.0688. The number of ether oxygens (including phenoxy) is 2. The average molecular weight is 403 g/mol. The Morgan fingerprint density at radius 2 is 1.82 bits per heavy atom. The Morgan fingerprint density at radius 1 is 1.07 bits per heavy atom. The average Bonchev–Trinajstić information content (AvgIpc) is 3.09. The minimum atomic E-state index is -4.51. The van der Waals surface area contributed by atoms with Crippen LogP contribution in [0.3, 0.4) is 0 Å². The van der Waals surface area contributed by atoms with Crippen molar-refractivity contribution in [2.24, 2.45) is 0 Å². The molecular weight excluding hydrogens is 389 g/mol. The summed E-state index contributed by atoms with van der Waals surface area (Å²) in [7, 11) is 0.830. The molecule has 12 heteroatoms. The number of pyridine rings is 1. The van der Waals surface area contributed by atoms with Crippen molar-refractivity contribution >= 4 is 5.65 Å². The third-order valence-corrected chi connectivity index (χ3v) is 3.84. The van der Waals surface area contributed by atoms with Crippen molar-refractivity contribution in [3.8, 4) is 17.1 Å². The SMILES string of the molecule is CCC(Oc1ccc(-c2cn3c(C(F)(F)OC)nnc3cn2)cn1)C(F)(F)F. The van der Waals surface area contributed by atoms with Gasteiger partial charge in [-0.2, -0.15) is 22.0 Å². The fourth-order valence-corrected chi connectivity index (χ4v) is 2.37. The topological polar surface area (TPSA) is 74.4 Å². The second kappa shape index (κ2) is 7.26. The minimum Gasteiger partial charge on any atom is -0.465 e. The molecule has 0 radical (unpaired) electrons.